The van der Waals surface area contributed by atoms with Crippen LogP contribution in [0.1, 0.15) is 15.5 Å². The van der Waals surface area contributed by atoms with Crippen LogP contribution in [-0.2, 0) is 4.74 Å². The molecular weight excluding hydrogens is 240 g/mol. The maximum atomic E-state index is 12.1. The number of rotatable bonds is 1. The van der Waals surface area contributed by atoms with E-state index in [4.69, 9.17) is 4.74 Å². The topological polar surface area (TPSA) is 59.7 Å². The van der Waals surface area contributed by atoms with Crippen LogP contribution in [0.3, 0.4) is 0 Å². The van der Waals surface area contributed by atoms with Gasteiger partial charge in [-0.2, -0.15) is 5.10 Å². The first kappa shape index (κ1) is 10.7. The molecule has 1 saturated heterocycles. The lowest BCUT2D eigenvalue weighted by molar-refractivity contribution is 0.0299. The molecule has 3 rings (SSSR count). The number of morpholine rings is 1. The lowest BCUT2D eigenvalue weighted by Gasteiger charge is -2.25. The number of amides is 1. The Morgan fingerprint density at radius 1 is 1.47 bits per heavy atom. The number of aromatic nitrogens is 3. The third kappa shape index (κ3) is 1.91. The van der Waals surface area contributed by atoms with Gasteiger partial charge in [0.1, 0.15) is 10.7 Å². The number of ether oxygens (including phenoxy) is 1. The molecule has 1 aliphatic rings. The summed E-state index contributed by atoms with van der Waals surface area (Å²) in [4.78, 5) is 18.9. The zero-order valence-electron chi connectivity index (χ0n) is 9.42. The summed E-state index contributed by atoms with van der Waals surface area (Å²) in [6.45, 7) is 4.40. The molecule has 0 N–H and O–H groups in total. The second-order valence-electron chi connectivity index (χ2n) is 3.88. The number of carbonyl (C=O) groups is 1. The summed E-state index contributed by atoms with van der Waals surface area (Å²) in [5, 5.41) is 5.18. The third-order valence-electron chi connectivity index (χ3n) is 2.66. The SMILES string of the molecule is Cc1nn2cc(C(=O)N3CCOCC3)nc2s1. The van der Waals surface area contributed by atoms with Gasteiger partial charge < -0.3 is 9.64 Å². The van der Waals surface area contributed by atoms with E-state index in [1.165, 1.54) is 11.3 Å². The zero-order chi connectivity index (χ0) is 11.8. The second kappa shape index (κ2) is 4.08. The van der Waals surface area contributed by atoms with Crippen molar-refractivity contribution in [2.75, 3.05) is 26.3 Å². The molecule has 2 aromatic rings. The molecule has 0 spiro atoms. The van der Waals surface area contributed by atoms with Gasteiger partial charge in [-0.15, -0.1) is 0 Å². The second-order valence-corrected chi connectivity index (χ2v) is 5.04. The molecule has 17 heavy (non-hydrogen) atoms. The smallest absolute Gasteiger partial charge is 0.274 e. The van der Waals surface area contributed by atoms with Crippen LogP contribution in [0.25, 0.3) is 4.96 Å². The first-order chi connectivity index (χ1) is 8.24. The fourth-order valence-electron chi connectivity index (χ4n) is 1.83. The summed E-state index contributed by atoms with van der Waals surface area (Å²) < 4.78 is 6.88. The lowest BCUT2D eigenvalue weighted by atomic mass is 10.3. The van der Waals surface area contributed by atoms with Gasteiger partial charge in [0.15, 0.2) is 0 Å². The highest BCUT2D eigenvalue weighted by Crippen LogP contribution is 2.15. The Morgan fingerprint density at radius 2 is 2.24 bits per heavy atom. The molecule has 0 bridgehead atoms. The maximum absolute atomic E-state index is 12.1. The number of carbonyl (C=O) groups excluding carboxylic acids is 1. The highest BCUT2D eigenvalue weighted by Gasteiger charge is 2.21. The van der Waals surface area contributed by atoms with E-state index < -0.39 is 0 Å². The minimum atomic E-state index is -0.0383. The van der Waals surface area contributed by atoms with Gasteiger partial charge in [-0.1, -0.05) is 11.3 Å². The van der Waals surface area contributed by atoms with Crippen LogP contribution < -0.4 is 0 Å². The highest BCUT2D eigenvalue weighted by molar-refractivity contribution is 7.16. The van der Waals surface area contributed by atoms with E-state index in [9.17, 15) is 4.79 Å². The molecule has 0 aromatic carbocycles. The molecule has 7 heteroatoms. The molecule has 3 heterocycles. The first-order valence-corrected chi connectivity index (χ1v) is 6.25. The Kier molecular flexibility index (Phi) is 2.56. The van der Waals surface area contributed by atoms with E-state index in [1.807, 2.05) is 6.92 Å². The molecule has 1 aliphatic heterocycles. The summed E-state index contributed by atoms with van der Waals surface area (Å²) in [5.41, 5.74) is 0.464. The van der Waals surface area contributed by atoms with Crippen molar-refractivity contribution >= 4 is 22.2 Å². The van der Waals surface area contributed by atoms with E-state index in [2.05, 4.69) is 10.1 Å². The van der Waals surface area contributed by atoms with Crippen LogP contribution in [0.2, 0.25) is 0 Å². The van der Waals surface area contributed by atoms with Crippen molar-refractivity contribution in [3.8, 4) is 0 Å². The molecule has 0 aliphatic carbocycles. The number of hydrogen-bond donors (Lipinski definition) is 0. The van der Waals surface area contributed by atoms with Crippen LogP contribution in [0.5, 0.6) is 0 Å². The summed E-state index contributed by atoms with van der Waals surface area (Å²) in [6, 6.07) is 0. The van der Waals surface area contributed by atoms with E-state index in [0.29, 0.717) is 32.0 Å². The molecule has 2 aromatic heterocycles. The van der Waals surface area contributed by atoms with Crippen molar-refractivity contribution in [1.82, 2.24) is 19.5 Å². The minimum absolute atomic E-state index is 0.0383. The third-order valence-corrected chi connectivity index (χ3v) is 3.50. The normalized spacial score (nSPS) is 16.6. The highest BCUT2D eigenvalue weighted by atomic mass is 32.1. The van der Waals surface area contributed by atoms with Gasteiger partial charge in [0, 0.05) is 13.1 Å². The van der Waals surface area contributed by atoms with Crippen LogP contribution >= 0.6 is 11.3 Å². The Hall–Kier alpha value is -1.47. The summed E-state index contributed by atoms with van der Waals surface area (Å²) >= 11 is 1.48. The number of hydrogen-bond acceptors (Lipinski definition) is 5. The molecule has 6 nitrogen and oxygen atoms in total. The molecule has 0 atom stereocenters. The maximum Gasteiger partial charge on any atom is 0.274 e. The van der Waals surface area contributed by atoms with Crippen molar-refractivity contribution in [2.45, 2.75) is 6.92 Å². The zero-order valence-corrected chi connectivity index (χ0v) is 10.2. The van der Waals surface area contributed by atoms with Crippen molar-refractivity contribution in [3.05, 3.63) is 16.9 Å². The van der Waals surface area contributed by atoms with Crippen LogP contribution in [0, 0.1) is 6.92 Å². The van der Waals surface area contributed by atoms with E-state index in [-0.39, 0.29) is 5.91 Å². The van der Waals surface area contributed by atoms with E-state index >= 15 is 0 Å². The lowest BCUT2D eigenvalue weighted by Crippen LogP contribution is -2.40. The summed E-state index contributed by atoms with van der Waals surface area (Å²) in [5.74, 6) is -0.0383. The van der Waals surface area contributed by atoms with Gasteiger partial charge in [-0.3, -0.25) is 4.79 Å². The molecule has 0 saturated carbocycles. The summed E-state index contributed by atoms with van der Waals surface area (Å²) in [6.07, 6.45) is 1.69. The molecule has 90 valence electrons. The van der Waals surface area contributed by atoms with Gasteiger partial charge in [0.05, 0.1) is 19.4 Å². The Labute approximate surface area is 102 Å². The van der Waals surface area contributed by atoms with Gasteiger partial charge in [-0.25, -0.2) is 9.50 Å². The standard InChI is InChI=1S/C10H12N4O2S/c1-7-12-14-6-8(11-10(14)17-7)9(15)13-2-4-16-5-3-13/h6H,2-5H2,1H3. The van der Waals surface area contributed by atoms with Gasteiger partial charge in [-0.05, 0) is 6.92 Å². The van der Waals surface area contributed by atoms with E-state index in [0.717, 1.165) is 9.97 Å². The van der Waals surface area contributed by atoms with Gasteiger partial charge in [0.2, 0.25) is 4.96 Å². The van der Waals surface area contributed by atoms with Gasteiger partial charge >= 0.3 is 0 Å². The Balaban J connectivity index is 1.86. The average molecular weight is 252 g/mol. The monoisotopic (exact) mass is 252 g/mol. The molecule has 1 amide bonds. The first-order valence-electron chi connectivity index (χ1n) is 5.44. The number of imidazole rings is 1. The quantitative estimate of drug-likeness (QED) is 0.744. The fourth-order valence-corrected chi connectivity index (χ4v) is 2.56. The Morgan fingerprint density at radius 3 is 2.94 bits per heavy atom. The Bertz CT molecular complexity index is 524. The average Bonchev–Trinajstić information content (AvgIpc) is 2.86. The van der Waals surface area contributed by atoms with Crippen LogP contribution in [-0.4, -0.2) is 51.7 Å². The fraction of sp³-hybridized carbons (Fsp3) is 0.500. The number of aryl methyl sites for hydroxylation is 1. The summed E-state index contributed by atoms with van der Waals surface area (Å²) in [7, 11) is 0. The molecule has 0 unspecified atom stereocenters. The van der Waals surface area contributed by atoms with Crippen molar-refractivity contribution in [2.24, 2.45) is 0 Å². The van der Waals surface area contributed by atoms with Gasteiger partial charge in [0.25, 0.3) is 5.91 Å². The molecule has 1 fully saturated rings. The van der Waals surface area contributed by atoms with E-state index in [1.54, 1.807) is 15.6 Å². The number of nitrogens with zero attached hydrogens (tertiary/aromatic N) is 4. The predicted molar refractivity (Wildman–Crippen MR) is 62.3 cm³/mol. The van der Waals surface area contributed by atoms with Crippen molar-refractivity contribution in [3.63, 3.8) is 0 Å². The molecular formula is C10H12N4O2S. The van der Waals surface area contributed by atoms with Crippen LogP contribution in [0.4, 0.5) is 0 Å². The molecule has 0 radical (unpaired) electrons. The largest absolute Gasteiger partial charge is 0.378 e. The minimum Gasteiger partial charge on any atom is -0.378 e. The van der Waals surface area contributed by atoms with Crippen LogP contribution in [0.15, 0.2) is 6.20 Å². The van der Waals surface area contributed by atoms with Crippen molar-refractivity contribution in [1.29, 1.82) is 0 Å². The predicted octanol–water partition coefficient (Wildman–Crippen LogP) is 0.572. The van der Waals surface area contributed by atoms with Crippen molar-refractivity contribution < 1.29 is 9.53 Å². The number of fused-ring (bicyclic) bond motifs is 1.